The molecule has 3 rings (SSSR count). The molecule has 0 spiro atoms. The van der Waals surface area contributed by atoms with Crippen LogP contribution in [0.25, 0.3) is 0 Å². The van der Waals surface area contributed by atoms with Crippen molar-refractivity contribution in [1.29, 1.82) is 0 Å². The Morgan fingerprint density at radius 1 is 1.19 bits per heavy atom. The van der Waals surface area contributed by atoms with Crippen LogP contribution >= 0.6 is 0 Å². The quantitative estimate of drug-likeness (QED) is 0.717. The van der Waals surface area contributed by atoms with Gasteiger partial charge in [-0.15, -0.1) is 0 Å². The van der Waals surface area contributed by atoms with E-state index >= 15 is 0 Å². The lowest BCUT2D eigenvalue weighted by Gasteiger charge is -2.15. The van der Waals surface area contributed by atoms with Crippen molar-refractivity contribution in [1.82, 2.24) is 15.0 Å². The number of benzene rings is 1. The first-order valence-corrected chi connectivity index (χ1v) is 8.50. The Kier molecular flexibility index (Phi) is 5.35. The van der Waals surface area contributed by atoms with Crippen LogP contribution in [-0.2, 0) is 13.0 Å². The number of hydrogen-bond acceptors (Lipinski definition) is 6. The molecular formula is C19H20N4O4. The molecule has 8 nitrogen and oxygen atoms in total. The van der Waals surface area contributed by atoms with Crippen LogP contribution in [0.4, 0.5) is 5.69 Å². The zero-order valence-electron chi connectivity index (χ0n) is 15.4. The van der Waals surface area contributed by atoms with Gasteiger partial charge in [-0.2, -0.15) is 4.98 Å². The van der Waals surface area contributed by atoms with E-state index in [9.17, 15) is 9.59 Å². The second-order valence-corrected chi connectivity index (χ2v) is 6.04. The Labute approximate surface area is 156 Å². The van der Waals surface area contributed by atoms with Gasteiger partial charge in [0.2, 0.25) is 5.89 Å². The Bertz CT molecular complexity index is 943. The summed E-state index contributed by atoms with van der Waals surface area (Å²) >= 11 is 0. The van der Waals surface area contributed by atoms with Gasteiger partial charge >= 0.3 is 0 Å². The number of nitrogens with zero attached hydrogens (tertiary/aromatic N) is 3. The molecule has 0 bridgehead atoms. The molecule has 27 heavy (non-hydrogen) atoms. The molecule has 0 saturated carbocycles. The molecular weight excluding hydrogens is 348 g/mol. The van der Waals surface area contributed by atoms with Crippen molar-refractivity contribution in [2.45, 2.75) is 26.8 Å². The first-order chi connectivity index (χ1) is 13.0. The van der Waals surface area contributed by atoms with Gasteiger partial charge in [0, 0.05) is 24.7 Å². The van der Waals surface area contributed by atoms with Gasteiger partial charge in [0.25, 0.3) is 11.8 Å². The number of carbonyl (C=O) groups is 2. The lowest BCUT2D eigenvalue weighted by molar-refractivity contribution is 0.0780. The summed E-state index contributed by atoms with van der Waals surface area (Å²) in [6.07, 6.45) is 2.12. The summed E-state index contributed by atoms with van der Waals surface area (Å²) in [7, 11) is 1.67. The summed E-state index contributed by atoms with van der Waals surface area (Å²) in [4.78, 5) is 30.4. The van der Waals surface area contributed by atoms with Crippen molar-refractivity contribution < 1.29 is 18.5 Å². The summed E-state index contributed by atoms with van der Waals surface area (Å²) < 4.78 is 10.2. The van der Waals surface area contributed by atoms with Gasteiger partial charge in [-0.25, -0.2) is 0 Å². The topological polar surface area (TPSA) is 101 Å². The molecule has 3 aromatic rings. The fourth-order valence-corrected chi connectivity index (χ4v) is 2.52. The third kappa shape index (κ3) is 4.22. The number of amides is 2. The van der Waals surface area contributed by atoms with Crippen LogP contribution in [0.15, 0.2) is 45.5 Å². The van der Waals surface area contributed by atoms with Crippen molar-refractivity contribution in [3.8, 4) is 0 Å². The molecule has 0 radical (unpaired) electrons. The summed E-state index contributed by atoms with van der Waals surface area (Å²) in [5.74, 6) is 1.11. The standard InChI is InChI=1S/C19H20N4O4/c1-4-17-21-16(22-27-17)11-23(3)19(25)13-5-7-14(8-6-13)20-18(24)15-9-10-26-12(15)2/h5-10H,4,11H2,1-3H3,(H,20,24). The maximum atomic E-state index is 12.5. The largest absolute Gasteiger partial charge is 0.469 e. The smallest absolute Gasteiger partial charge is 0.259 e. The molecule has 2 heterocycles. The minimum Gasteiger partial charge on any atom is -0.469 e. The third-order valence-corrected chi connectivity index (χ3v) is 4.03. The van der Waals surface area contributed by atoms with Crippen LogP contribution in [0.3, 0.4) is 0 Å². The zero-order chi connectivity index (χ0) is 19.4. The van der Waals surface area contributed by atoms with Crippen LogP contribution in [0.5, 0.6) is 0 Å². The van der Waals surface area contributed by atoms with Crippen molar-refractivity contribution in [2.75, 3.05) is 12.4 Å². The molecule has 0 saturated heterocycles. The number of carbonyl (C=O) groups excluding carboxylic acids is 2. The maximum absolute atomic E-state index is 12.5. The molecule has 0 aliphatic rings. The summed E-state index contributed by atoms with van der Waals surface area (Å²) in [5, 5.41) is 6.62. The van der Waals surface area contributed by atoms with E-state index < -0.39 is 0 Å². The summed E-state index contributed by atoms with van der Waals surface area (Å²) in [6.45, 7) is 3.89. The highest BCUT2D eigenvalue weighted by atomic mass is 16.5. The Morgan fingerprint density at radius 3 is 2.52 bits per heavy atom. The SMILES string of the molecule is CCc1nc(CN(C)C(=O)c2ccc(NC(=O)c3ccoc3C)cc2)no1. The van der Waals surface area contributed by atoms with Crippen LogP contribution in [0.2, 0.25) is 0 Å². The summed E-state index contributed by atoms with van der Waals surface area (Å²) in [6, 6.07) is 8.28. The molecule has 2 aromatic heterocycles. The highest BCUT2D eigenvalue weighted by Gasteiger charge is 2.16. The number of aryl methyl sites for hydroxylation is 2. The minimum atomic E-state index is -0.263. The predicted molar refractivity (Wildman–Crippen MR) is 97.3 cm³/mol. The molecule has 0 unspecified atom stereocenters. The Balaban J connectivity index is 1.62. The number of rotatable bonds is 6. The monoisotopic (exact) mass is 368 g/mol. The van der Waals surface area contributed by atoms with Crippen molar-refractivity contribution in [3.63, 3.8) is 0 Å². The lowest BCUT2D eigenvalue weighted by atomic mass is 10.1. The number of aromatic nitrogens is 2. The summed E-state index contributed by atoms with van der Waals surface area (Å²) in [5.41, 5.74) is 1.56. The van der Waals surface area contributed by atoms with E-state index in [1.165, 1.54) is 11.2 Å². The van der Waals surface area contributed by atoms with E-state index in [1.807, 2.05) is 6.92 Å². The molecule has 2 amide bonds. The Hall–Kier alpha value is -3.42. The van der Waals surface area contributed by atoms with Crippen molar-refractivity contribution in [3.05, 3.63) is 65.2 Å². The fraction of sp³-hybridized carbons (Fsp3) is 0.263. The van der Waals surface area contributed by atoms with Gasteiger partial charge in [-0.05, 0) is 37.3 Å². The third-order valence-electron chi connectivity index (χ3n) is 4.03. The second kappa shape index (κ2) is 7.86. The van der Waals surface area contributed by atoms with Gasteiger partial charge in [0.1, 0.15) is 5.76 Å². The van der Waals surface area contributed by atoms with Crippen LogP contribution in [-0.4, -0.2) is 33.9 Å². The molecule has 8 heteroatoms. The van der Waals surface area contributed by atoms with Crippen molar-refractivity contribution >= 4 is 17.5 Å². The van der Waals surface area contributed by atoms with E-state index in [4.69, 9.17) is 8.94 Å². The number of anilines is 1. The number of hydrogen-bond donors (Lipinski definition) is 1. The van der Waals surface area contributed by atoms with Crippen LogP contribution in [0.1, 0.15) is 45.1 Å². The molecule has 1 aromatic carbocycles. The van der Waals surface area contributed by atoms with Crippen LogP contribution < -0.4 is 5.32 Å². The van der Waals surface area contributed by atoms with Gasteiger partial charge in [0.15, 0.2) is 5.82 Å². The van der Waals surface area contributed by atoms with Gasteiger partial charge in [-0.1, -0.05) is 12.1 Å². The van der Waals surface area contributed by atoms with Gasteiger partial charge in [0.05, 0.1) is 18.4 Å². The maximum Gasteiger partial charge on any atom is 0.259 e. The average molecular weight is 368 g/mol. The zero-order valence-corrected chi connectivity index (χ0v) is 15.4. The average Bonchev–Trinajstić information content (AvgIpc) is 3.30. The second-order valence-electron chi connectivity index (χ2n) is 6.04. The first-order valence-electron chi connectivity index (χ1n) is 8.50. The highest BCUT2D eigenvalue weighted by molar-refractivity contribution is 6.05. The van der Waals surface area contributed by atoms with Crippen LogP contribution in [0, 0.1) is 6.92 Å². The predicted octanol–water partition coefficient (Wildman–Crippen LogP) is 3.06. The number of furan rings is 1. The minimum absolute atomic E-state index is 0.179. The molecule has 1 N–H and O–H groups in total. The Morgan fingerprint density at radius 2 is 1.93 bits per heavy atom. The van der Waals surface area contributed by atoms with E-state index in [0.29, 0.717) is 40.7 Å². The van der Waals surface area contributed by atoms with E-state index in [0.717, 1.165) is 0 Å². The van der Waals surface area contributed by atoms with Gasteiger partial charge < -0.3 is 19.2 Å². The van der Waals surface area contributed by atoms with Crippen molar-refractivity contribution in [2.24, 2.45) is 0 Å². The lowest BCUT2D eigenvalue weighted by Crippen LogP contribution is -2.26. The molecule has 0 aliphatic carbocycles. The molecule has 0 aliphatic heterocycles. The molecule has 140 valence electrons. The van der Waals surface area contributed by atoms with E-state index in [2.05, 4.69) is 15.5 Å². The molecule has 0 atom stereocenters. The normalized spacial score (nSPS) is 10.6. The van der Waals surface area contributed by atoms with E-state index in [1.54, 1.807) is 44.3 Å². The first kappa shape index (κ1) is 18.4. The number of nitrogens with one attached hydrogen (secondary N) is 1. The fourth-order valence-electron chi connectivity index (χ4n) is 2.52. The highest BCUT2D eigenvalue weighted by Crippen LogP contribution is 2.15. The van der Waals surface area contributed by atoms with E-state index in [-0.39, 0.29) is 18.4 Å². The van der Waals surface area contributed by atoms with Gasteiger partial charge in [-0.3, -0.25) is 9.59 Å². The molecule has 0 fully saturated rings.